The number of hydrogen-bond donors (Lipinski definition) is 3. The number of hydrogen-bond acceptors (Lipinski definition) is 6. The second kappa shape index (κ2) is 11.1. The number of nitrogens with zero attached hydrogens (tertiary/aromatic N) is 1. The number of anilines is 1. The van der Waals surface area contributed by atoms with E-state index in [-0.39, 0.29) is 18.8 Å². The van der Waals surface area contributed by atoms with Crippen LogP contribution in [0, 0.1) is 0 Å². The van der Waals surface area contributed by atoms with E-state index in [4.69, 9.17) is 31.8 Å². The molecule has 2 aromatic heterocycles. The number of nitrogen functional groups attached to an aromatic ring is 1. The summed E-state index contributed by atoms with van der Waals surface area (Å²) >= 11 is 8.29. The number of rotatable bonds is 5. The zero-order valence-corrected chi connectivity index (χ0v) is 20.7. The van der Waals surface area contributed by atoms with Gasteiger partial charge < -0.3 is 25.3 Å². The van der Waals surface area contributed by atoms with E-state index in [2.05, 4.69) is 4.98 Å². The summed E-state index contributed by atoms with van der Waals surface area (Å²) in [6, 6.07) is 19.6. The molecule has 4 N–H and O–H groups in total. The maximum Gasteiger partial charge on any atom is 0.193 e. The molecule has 4 aromatic rings. The number of thioether (sulfide) groups is 1. The molecule has 1 fully saturated rings. The molecule has 178 valence electrons. The van der Waals surface area contributed by atoms with Gasteiger partial charge in [-0.05, 0) is 41.8 Å². The first-order valence-corrected chi connectivity index (χ1v) is 13.0. The van der Waals surface area contributed by atoms with Crippen molar-refractivity contribution in [3.05, 3.63) is 65.7 Å². The lowest BCUT2D eigenvalue weighted by Crippen LogP contribution is -2.17. The van der Waals surface area contributed by atoms with E-state index >= 15 is 0 Å². The maximum absolute atomic E-state index is 9.21. The molecule has 2 aromatic carbocycles. The van der Waals surface area contributed by atoms with Crippen molar-refractivity contribution in [3.8, 4) is 28.3 Å². The van der Waals surface area contributed by atoms with E-state index in [0.717, 1.165) is 33.4 Å². The van der Waals surface area contributed by atoms with Crippen molar-refractivity contribution in [1.82, 2.24) is 9.97 Å². The summed E-state index contributed by atoms with van der Waals surface area (Å²) in [6.07, 6.45) is 4.48. The van der Waals surface area contributed by atoms with Crippen LogP contribution in [0.5, 0.6) is 5.88 Å². The van der Waals surface area contributed by atoms with E-state index in [1.807, 2.05) is 73.2 Å². The molecule has 0 saturated carbocycles. The Morgan fingerprint density at radius 2 is 1.71 bits per heavy atom. The number of H-pyrrole nitrogens is 1. The first-order valence-electron chi connectivity index (χ1n) is 11.0. The number of aliphatic hydroxyl groups excluding tert-OH is 1. The normalized spacial score (nSPS) is 17.4. The molecule has 2 atom stereocenters. The summed E-state index contributed by atoms with van der Waals surface area (Å²) in [5.41, 5.74) is 11.9. The fourth-order valence-electron chi connectivity index (χ4n) is 3.83. The number of nitrogens with two attached hydrogens (primary N) is 1. The van der Waals surface area contributed by atoms with Gasteiger partial charge in [-0.3, -0.25) is 0 Å². The topological polar surface area (TPSA) is 93.4 Å². The largest absolute Gasteiger partial charge is 0.473 e. The highest BCUT2D eigenvalue weighted by Gasteiger charge is 2.27. The molecule has 6 nitrogen and oxygen atoms in total. The number of nitrogens with one attached hydrogen (secondary N) is 1. The predicted molar refractivity (Wildman–Crippen MR) is 142 cm³/mol. The Morgan fingerprint density at radius 1 is 1.09 bits per heavy atom. The molecule has 0 radical (unpaired) electrons. The highest BCUT2D eigenvalue weighted by molar-refractivity contribution is 7.97. The monoisotopic (exact) mass is 497 g/mol. The Bertz CT molecular complexity index is 1230. The molecule has 1 saturated heterocycles. The quantitative estimate of drug-likeness (QED) is 0.309. The minimum Gasteiger partial charge on any atom is -0.473 e. The number of aromatic amines is 1. The first kappa shape index (κ1) is 24.4. The van der Waals surface area contributed by atoms with Crippen LogP contribution in [-0.4, -0.2) is 53.0 Å². The number of halogens is 1. The minimum absolute atomic E-state index is 0.00417. The van der Waals surface area contributed by atoms with Crippen LogP contribution in [0.4, 0.5) is 5.69 Å². The van der Waals surface area contributed by atoms with Gasteiger partial charge in [0.15, 0.2) is 5.88 Å². The molecule has 34 heavy (non-hydrogen) atoms. The van der Waals surface area contributed by atoms with Crippen LogP contribution in [0.3, 0.4) is 0 Å². The van der Waals surface area contributed by atoms with Gasteiger partial charge in [-0.1, -0.05) is 48.0 Å². The van der Waals surface area contributed by atoms with Crippen molar-refractivity contribution in [2.75, 3.05) is 31.5 Å². The van der Waals surface area contributed by atoms with Crippen molar-refractivity contribution in [1.29, 1.82) is 0 Å². The summed E-state index contributed by atoms with van der Waals surface area (Å²) < 4.78 is 11.4. The van der Waals surface area contributed by atoms with Crippen LogP contribution in [0.2, 0.25) is 5.02 Å². The van der Waals surface area contributed by atoms with Gasteiger partial charge in [0, 0.05) is 23.7 Å². The Balaban J connectivity index is 0.000000868. The molecule has 2 unspecified atom stereocenters. The maximum atomic E-state index is 9.21. The van der Waals surface area contributed by atoms with Crippen LogP contribution in [0.15, 0.2) is 60.7 Å². The van der Waals surface area contributed by atoms with Gasteiger partial charge in [0.05, 0.1) is 41.1 Å². The SMILES string of the molecule is CSC.Nc1ccc(-c2ccc(-c3nc4cc(OC5COC(CO)C5)[nH]c4cc3Cl)cc2)cc1. The third-order valence-electron chi connectivity index (χ3n) is 5.47. The summed E-state index contributed by atoms with van der Waals surface area (Å²) in [5, 5.41) is 9.77. The Hall–Kier alpha value is -2.71. The van der Waals surface area contributed by atoms with E-state index < -0.39 is 0 Å². The van der Waals surface area contributed by atoms with E-state index in [1.54, 1.807) is 11.8 Å². The summed E-state index contributed by atoms with van der Waals surface area (Å²) in [7, 11) is 0. The number of ether oxygens (including phenoxy) is 2. The third kappa shape index (κ3) is 5.67. The molecule has 3 heterocycles. The van der Waals surface area contributed by atoms with Crippen LogP contribution in [0.25, 0.3) is 33.4 Å². The number of aliphatic hydroxyl groups is 1. The summed E-state index contributed by atoms with van der Waals surface area (Å²) in [5.74, 6) is 0.613. The van der Waals surface area contributed by atoms with Gasteiger partial charge in [0.1, 0.15) is 6.10 Å². The second-order valence-corrected chi connectivity index (χ2v) is 9.33. The molecular weight excluding hydrogens is 470 g/mol. The third-order valence-corrected chi connectivity index (χ3v) is 5.76. The Kier molecular flexibility index (Phi) is 8.00. The van der Waals surface area contributed by atoms with Crippen LogP contribution in [-0.2, 0) is 4.74 Å². The van der Waals surface area contributed by atoms with Crippen molar-refractivity contribution < 1.29 is 14.6 Å². The average molecular weight is 498 g/mol. The van der Waals surface area contributed by atoms with Crippen molar-refractivity contribution in [2.24, 2.45) is 0 Å². The van der Waals surface area contributed by atoms with E-state index in [0.29, 0.717) is 29.6 Å². The fraction of sp³-hybridized carbons (Fsp3) is 0.269. The lowest BCUT2D eigenvalue weighted by Gasteiger charge is -2.09. The first-order chi connectivity index (χ1) is 16.5. The molecular formula is C26H28ClN3O3S. The van der Waals surface area contributed by atoms with Gasteiger partial charge in [-0.25, -0.2) is 4.98 Å². The van der Waals surface area contributed by atoms with E-state index in [1.165, 1.54) is 0 Å². The van der Waals surface area contributed by atoms with Gasteiger partial charge in [-0.15, -0.1) is 0 Å². The van der Waals surface area contributed by atoms with Crippen LogP contribution >= 0.6 is 23.4 Å². The van der Waals surface area contributed by atoms with Gasteiger partial charge in [-0.2, -0.15) is 11.8 Å². The van der Waals surface area contributed by atoms with Crippen molar-refractivity contribution in [2.45, 2.75) is 18.6 Å². The standard InChI is InChI=1S/C24H22ClN3O3.C2H6S/c25-20-10-21-22(11-23(27-21)31-19-9-18(12-29)30-13-19)28-24(20)16-3-1-14(2-4-16)15-5-7-17(26)8-6-15;1-3-2/h1-8,10-11,18-19,27,29H,9,12-13,26H2;1-2H3. The number of fused-ring (bicyclic) bond motifs is 1. The lowest BCUT2D eigenvalue weighted by molar-refractivity contribution is 0.0531. The molecule has 1 aliphatic heterocycles. The highest BCUT2D eigenvalue weighted by Crippen LogP contribution is 2.33. The number of pyridine rings is 1. The number of aromatic nitrogens is 2. The highest BCUT2D eigenvalue weighted by atomic mass is 35.5. The van der Waals surface area contributed by atoms with Crippen LogP contribution < -0.4 is 10.5 Å². The van der Waals surface area contributed by atoms with Crippen LogP contribution in [0.1, 0.15) is 6.42 Å². The molecule has 0 bridgehead atoms. The molecule has 0 aliphatic carbocycles. The average Bonchev–Trinajstić information content (AvgIpc) is 3.45. The zero-order valence-electron chi connectivity index (χ0n) is 19.1. The minimum atomic E-state index is -0.162. The fourth-order valence-corrected chi connectivity index (χ4v) is 4.09. The second-order valence-electron chi connectivity index (χ2n) is 8.11. The zero-order chi connectivity index (χ0) is 24.1. The predicted octanol–water partition coefficient (Wildman–Crippen LogP) is 5.64. The van der Waals surface area contributed by atoms with Crippen molar-refractivity contribution in [3.63, 3.8) is 0 Å². The molecule has 0 spiro atoms. The summed E-state index contributed by atoms with van der Waals surface area (Å²) in [4.78, 5) is 7.97. The van der Waals surface area contributed by atoms with Gasteiger partial charge in [0.25, 0.3) is 0 Å². The van der Waals surface area contributed by atoms with E-state index in [9.17, 15) is 5.11 Å². The van der Waals surface area contributed by atoms with Crippen molar-refractivity contribution >= 4 is 40.1 Å². The molecule has 5 rings (SSSR count). The van der Waals surface area contributed by atoms with Gasteiger partial charge in [0.2, 0.25) is 0 Å². The molecule has 1 aliphatic rings. The molecule has 0 amide bonds. The Labute approximate surface area is 208 Å². The summed E-state index contributed by atoms with van der Waals surface area (Å²) in [6.45, 7) is 0.463. The lowest BCUT2D eigenvalue weighted by atomic mass is 10.0. The number of benzene rings is 2. The molecule has 8 heteroatoms. The van der Waals surface area contributed by atoms with Gasteiger partial charge >= 0.3 is 0 Å². The smallest absolute Gasteiger partial charge is 0.193 e. The Morgan fingerprint density at radius 3 is 2.32 bits per heavy atom.